The molecule has 0 bridgehead atoms. The van der Waals surface area contributed by atoms with E-state index in [2.05, 4.69) is 4.98 Å². The van der Waals surface area contributed by atoms with E-state index in [1.165, 1.54) is 0 Å². The number of nitrogens with zero attached hydrogens (tertiary/aromatic N) is 2. The molecule has 2 rings (SSSR count). The van der Waals surface area contributed by atoms with Gasteiger partial charge >= 0.3 is 5.97 Å². The number of nitrogens with two attached hydrogens (primary N) is 1. The van der Waals surface area contributed by atoms with Gasteiger partial charge in [-0.05, 0) is 26.0 Å². The highest BCUT2D eigenvalue weighted by Crippen LogP contribution is 2.21. The highest BCUT2D eigenvalue weighted by Gasteiger charge is 2.15. The molecule has 0 aliphatic carbocycles. The van der Waals surface area contributed by atoms with Gasteiger partial charge in [0.2, 0.25) is 0 Å². The van der Waals surface area contributed by atoms with Gasteiger partial charge in [-0.1, -0.05) is 6.07 Å². The number of aromatic nitrogens is 2. The van der Waals surface area contributed by atoms with Crippen LogP contribution in [-0.4, -0.2) is 35.3 Å². The number of aryl methyl sites for hydroxylation is 1. The number of rotatable bonds is 5. The number of para-hydroxylation sites is 1. The van der Waals surface area contributed by atoms with Gasteiger partial charge in [0, 0.05) is 7.11 Å². The molecule has 108 valence electrons. The largest absolute Gasteiger partial charge is 0.459 e. The lowest BCUT2D eigenvalue weighted by Crippen LogP contribution is -2.23. The van der Waals surface area contributed by atoms with Gasteiger partial charge < -0.3 is 19.8 Å². The molecule has 0 amide bonds. The Morgan fingerprint density at radius 3 is 2.95 bits per heavy atom. The molecule has 1 unspecified atom stereocenters. The fourth-order valence-electron chi connectivity index (χ4n) is 2.14. The normalized spacial score (nSPS) is 12.6. The summed E-state index contributed by atoms with van der Waals surface area (Å²) in [5.41, 5.74) is 8.03. The Labute approximate surface area is 117 Å². The van der Waals surface area contributed by atoms with E-state index in [9.17, 15) is 4.79 Å². The Morgan fingerprint density at radius 1 is 1.50 bits per heavy atom. The molecule has 0 radical (unpaired) electrons. The van der Waals surface area contributed by atoms with Crippen molar-refractivity contribution in [3.63, 3.8) is 0 Å². The average Bonchev–Trinajstić information content (AvgIpc) is 2.68. The van der Waals surface area contributed by atoms with Gasteiger partial charge in [0.15, 0.2) is 0 Å². The first-order valence-corrected chi connectivity index (χ1v) is 6.42. The molecule has 1 aromatic carbocycles. The lowest BCUT2D eigenvalue weighted by atomic mass is 10.3. The smallest absolute Gasteiger partial charge is 0.326 e. The number of imidazole rings is 1. The fourth-order valence-corrected chi connectivity index (χ4v) is 2.14. The minimum absolute atomic E-state index is 0.111. The first-order chi connectivity index (χ1) is 9.52. The molecular weight excluding hydrogens is 258 g/mol. The first-order valence-electron chi connectivity index (χ1n) is 6.42. The lowest BCUT2D eigenvalue weighted by Gasteiger charge is -2.13. The van der Waals surface area contributed by atoms with Gasteiger partial charge in [-0.2, -0.15) is 0 Å². The molecule has 0 aliphatic rings. The van der Waals surface area contributed by atoms with Crippen molar-refractivity contribution in [1.82, 2.24) is 9.55 Å². The van der Waals surface area contributed by atoms with Gasteiger partial charge in [-0.15, -0.1) is 0 Å². The maximum Gasteiger partial charge on any atom is 0.326 e. The number of hydrogen-bond donors (Lipinski definition) is 1. The third-order valence-electron chi connectivity index (χ3n) is 3.02. The summed E-state index contributed by atoms with van der Waals surface area (Å²) < 4.78 is 12.0. The van der Waals surface area contributed by atoms with Crippen LogP contribution in [0, 0.1) is 6.92 Å². The standard InChI is InChI=1S/C14H19N3O3/c1-9(8-19-3)20-13(18)7-17-10(2)16-14-11(15)5-4-6-12(14)17/h4-6,9H,7-8,15H2,1-3H3. The number of esters is 1. The number of hydrogen-bond acceptors (Lipinski definition) is 5. The van der Waals surface area contributed by atoms with Crippen molar-refractivity contribution in [2.45, 2.75) is 26.5 Å². The van der Waals surface area contributed by atoms with E-state index < -0.39 is 0 Å². The minimum Gasteiger partial charge on any atom is -0.459 e. The highest BCUT2D eigenvalue weighted by molar-refractivity contribution is 5.88. The van der Waals surface area contributed by atoms with Crippen LogP contribution in [0.1, 0.15) is 12.7 Å². The summed E-state index contributed by atoms with van der Waals surface area (Å²) in [7, 11) is 1.57. The van der Waals surface area contributed by atoms with Crippen molar-refractivity contribution in [2.75, 3.05) is 19.5 Å². The van der Waals surface area contributed by atoms with Crippen LogP contribution in [0.2, 0.25) is 0 Å². The highest BCUT2D eigenvalue weighted by atomic mass is 16.6. The van der Waals surface area contributed by atoms with Crippen LogP contribution in [0.3, 0.4) is 0 Å². The second kappa shape index (κ2) is 5.92. The molecule has 2 aromatic rings. The van der Waals surface area contributed by atoms with Crippen molar-refractivity contribution in [1.29, 1.82) is 0 Å². The minimum atomic E-state index is -0.320. The maximum absolute atomic E-state index is 11.9. The van der Waals surface area contributed by atoms with Crippen LogP contribution in [-0.2, 0) is 20.8 Å². The average molecular weight is 277 g/mol. The summed E-state index contributed by atoms with van der Waals surface area (Å²) in [6, 6.07) is 5.52. The molecule has 2 N–H and O–H groups in total. The van der Waals surface area contributed by atoms with Crippen molar-refractivity contribution in [3.05, 3.63) is 24.0 Å². The third-order valence-corrected chi connectivity index (χ3v) is 3.02. The second-order valence-electron chi connectivity index (χ2n) is 4.72. The van der Waals surface area contributed by atoms with E-state index in [0.717, 1.165) is 11.3 Å². The van der Waals surface area contributed by atoms with Crippen molar-refractivity contribution < 1.29 is 14.3 Å². The number of methoxy groups -OCH3 is 1. The molecule has 0 saturated carbocycles. The molecule has 0 fully saturated rings. The van der Waals surface area contributed by atoms with Crippen LogP contribution in [0.25, 0.3) is 11.0 Å². The fraction of sp³-hybridized carbons (Fsp3) is 0.429. The van der Waals surface area contributed by atoms with Crippen LogP contribution < -0.4 is 5.73 Å². The number of fused-ring (bicyclic) bond motifs is 1. The predicted octanol–water partition coefficient (Wildman–Crippen LogP) is 1.51. The Bertz CT molecular complexity index is 621. The molecule has 6 heteroatoms. The summed E-state index contributed by atoms with van der Waals surface area (Å²) in [4.78, 5) is 16.3. The molecule has 1 atom stereocenters. The lowest BCUT2D eigenvalue weighted by molar-refractivity contribution is -0.151. The van der Waals surface area contributed by atoms with Crippen molar-refractivity contribution >= 4 is 22.7 Å². The third kappa shape index (κ3) is 2.91. The van der Waals surface area contributed by atoms with E-state index in [1.54, 1.807) is 24.7 Å². The summed E-state index contributed by atoms with van der Waals surface area (Å²) in [6.07, 6.45) is -0.271. The summed E-state index contributed by atoms with van der Waals surface area (Å²) in [6.45, 7) is 4.12. The maximum atomic E-state index is 11.9. The quantitative estimate of drug-likeness (QED) is 0.662. The predicted molar refractivity (Wildman–Crippen MR) is 76.3 cm³/mol. The number of nitrogen functional groups attached to an aromatic ring is 1. The zero-order chi connectivity index (χ0) is 14.7. The summed E-state index contributed by atoms with van der Waals surface area (Å²) in [5.74, 6) is 0.411. The van der Waals surface area contributed by atoms with Gasteiger partial charge in [-0.3, -0.25) is 4.79 Å². The molecular formula is C14H19N3O3. The van der Waals surface area contributed by atoms with Gasteiger partial charge in [0.1, 0.15) is 24.0 Å². The SMILES string of the molecule is COCC(C)OC(=O)Cn1c(C)nc2c(N)cccc21. The van der Waals surface area contributed by atoms with Crippen molar-refractivity contribution in [2.24, 2.45) is 0 Å². The molecule has 6 nitrogen and oxygen atoms in total. The number of anilines is 1. The Kier molecular flexibility index (Phi) is 4.24. The summed E-state index contributed by atoms with van der Waals surface area (Å²) in [5, 5.41) is 0. The summed E-state index contributed by atoms with van der Waals surface area (Å²) >= 11 is 0. The van der Waals surface area contributed by atoms with Gasteiger partial charge in [0.05, 0.1) is 17.8 Å². The number of carbonyl (C=O) groups excluding carboxylic acids is 1. The van der Waals surface area contributed by atoms with E-state index in [4.69, 9.17) is 15.2 Å². The monoisotopic (exact) mass is 277 g/mol. The van der Waals surface area contributed by atoms with Crippen LogP contribution in [0.15, 0.2) is 18.2 Å². The molecule has 0 aliphatic heterocycles. The Hall–Kier alpha value is -2.08. The Balaban J connectivity index is 2.19. The van der Waals surface area contributed by atoms with Crippen LogP contribution in [0.4, 0.5) is 5.69 Å². The molecule has 0 spiro atoms. The molecule has 1 aromatic heterocycles. The van der Waals surface area contributed by atoms with Crippen molar-refractivity contribution in [3.8, 4) is 0 Å². The number of carbonyl (C=O) groups is 1. The second-order valence-corrected chi connectivity index (χ2v) is 4.72. The number of benzene rings is 1. The zero-order valence-corrected chi connectivity index (χ0v) is 11.9. The van der Waals surface area contributed by atoms with Crippen LogP contribution in [0.5, 0.6) is 0 Å². The molecule has 0 saturated heterocycles. The zero-order valence-electron chi connectivity index (χ0n) is 11.9. The molecule has 20 heavy (non-hydrogen) atoms. The Morgan fingerprint density at radius 2 is 2.25 bits per heavy atom. The number of ether oxygens (including phenoxy) is 2. The van der Waals surface area contributed by atoms with E-state index >= 15 is 0 Å². The van der Waals surface area contributed by atoms with E-state index in [1.807, 2.05) is 19.1 Å². The first kappa shape index (κ1) is 14.3. The van der Waals surface area contributed by atoms with Gasteiger partial charge in [0.25, 0.3) is 0 Å². The topological polar surface area (TPSA) is 79.4 Å². The van der Waals surface area contributed by atoms with E-state index in [-0.39, 0.29) is 18.6 Å². The molecule has 1 heterocycles. The van der Waals surface area contributed by atoms with Crippen LogP contribution >= 0.6 is 0 Å². The van der Waals surface area contributed by atoms with E-state index in [0.29, 0.717) is 17.8 Å². The van der Waals surface area contributed by atoms with Gasteiger partial charge in [-0.25, -0.2) is 4.98 Å².